The maximum absolute atomic E-state index is 6.02. The van der Waals surface area contributed by atoms with E-state index in [2.05, 4.69) is 29.2 Å². The van der Waals surface area contributed by atoms with Gasteiger partial charge >= 0.3 is 0 Å². The Hall–Kier alpha value is -2.34. The Bertz CT molecular complexity index is 596. The van der Waals surface area contributed by atoms with Crippen molar-refractivity contribution in [3.63, 3.8) is 0 Å². The minimum absolute atomic E-state index is 0.339. The summed E-state index contributed by atoms with van der Waals surface area (Å²) in [7, 11) is 3.71. The van der Waals surface area contributed by atoms with Crippen LogP contribution < -0.4 is 15.9 Å². The first-order valence-electron chi connectivity index (χ1n) is 6.79. The predicted octanol–water partition coefficient (Wildman–Crippen LogP) is 2.86. The van der Waals surface area contributed by atoms with Gasteiger partial charge in [-0.1, -0.05) is 26.0 Å². The van der Waals surface area contributed by atoms with Crippen LogP contribution in [0.25, 0.3) is 0 Å². The molecule has 0 radical (unpaired) electrons. The third-order valence-corrected chi connectivity index (χ3v) is 2.94. The van der Waals surface area contributed by atoms with Gasteiger partial charge < -0.3 is 15.9 Å². The molecule has 0 spiro atoms. The molecule has 0 aliphatic rings. The lowest BCUT2D eigenvalue weighted by Gasteiger charge is -2.15. The van der Waals surface area contributed by atoms with Gasteiger partial charge in [0.15, 0.2) is 5.82 Å². The second kappa shape index (κ2) is 6.41. The van der Waals surface area contributed by atoms with Gasteiger partial charge in [0.25, 0.3) is 0 Å². The number of hydrogen-bond acceptors (Lipinski definition) is 6. The first kappa shape index (κ1) is 15.1. The summed E-state index contributed by atoms with van der Waals surface area (Å²) in [4.78, 5) is 8.17. The Balaban J connectivity index is 2.19. The number of rotatable bonds is 5. The van der Waals surface area contributed by atoms with E-state index in [0.717, 1.165) is 0 Å². The van der Waals surface area contributed by atoms with Gasteiger partial charge in [-0.05, 0) is 23.6 Å². The fraction of sp³-hybridized carbons (Fsp3) is 0.333. The molecule has 2 aromatic rings. The highest BCUT2D eigenvalue weighted by Crippen LogP contribution is 2.29. The predicted molar refractivity (Wildman–Crippen MR) is 84.4 cm³/mol. The molecule has 1 aromatic heterocycles. The van der Waals surface area contributed by atoms with Crippen molar-refractivity contribution in [3.8, 4) is 11.6 Å². The van der Waals surface area contributed by atoms with Gasteiger partial charge in [0.1, 0.15) is 17.8 Å². The van der Waals surface area contributed by atoms with Crippen molar-refractivity contribution in [3.05, 3.63) is 36.2 Å². The lowest BCUT2D eigenvalue weighted by atomic mass is 10.0. The smallest absolute Gasteiger partial charge is 0.248 e. The molecule has 0 aliphatic carbocycles. The number of nitrogens with one attached hydrogen (secondary N) is 1. The molecule has 6 heteroatoms. The van der Waals surface area contributed by atoms with Crippen LogP contribution in [0.5, 0.6) is 11.6 Å². The molecular formula is C15H21N5O. The second-order valence-electron chi connectivity index (χ2n) is 5.27. The molecule has 0 unspecified atom stereocenters. The quantitative estimate of drug-likeness (QED) is 0.823. The van der Waals surface area contributed by atoms with Gasteiger partial charge in [0.05, 0.1) is 0 Å². The third kappa shape index (κ3) is 3.82. The highest BCUT2D eigenvalue weighted by atomic mass is 16.5. The van der Waals surface area contributed by atoms with E-state index in [9.17, 15) is 0 Å². The Morgan fingerprint density at radius 1 is 1.14 bits per heavy atom. The summed E-state index contributed by atoms with van der Waals surface area (Å²) in [6.07, 6.45) is 1.42. The number of anilines is 2. The number of hydrogen-bond donors (Lipinski definition) is 2. The van der Waals surface area contributed by atoms with E-state index in [1.807, 2.05) is 38.4 Å². The van der Waals surface area contributed by atoms with Crippen LogP contribution in [0.3, 0.4) is 0 Å². The largest absolute Gasteiger partial charge is 0.437 e. The van der Waals surface area contributed by atoms with E-state index in [1.165, 1.54) is 11.9 Å². The van der Waals surface area contributed by atoms with Crippen LogP contribution in [0.1, 0.15) is 25.3 Å². The summed E-state index contributed by atoms with van der Waals surface area (Å²) in [6.45, 7) is 4.30. The molecule has 6 nitrogen and oxygen atoms in total. The molecule has 2 rings (SSSR count). The molecule has 3 N–H and O–H groups in total. The second-order valence-corrected chi connectivity index (χ2v) is 5.27. The van der Waals surface area contributed by atoms with Gasteiger partial charge in [0, 0.05) is 14.1 Å². The monoisotopic (exact) mass is 287 g/mol. The molecule has 0 fully saturated rings. The van der Waals surface area contributed by atoms with Gasteiger partial charge in [-0.25, -0.2) is 9.99 Å². The van der Waals surface area contributed by atoms with Crippen LogP contribution in [0.2, 0.25) is 0 Å². The fourth-order valence-corrected chi connectivity index (χ4v) is 1.79. The zero-order valence-corrected chi connectivity index (χ0v) is 12.8. The summed E-state index contributed by atoms with van der Waals surface area (Å²) in [5.74, 6) is 2.04. The van der Waals surface area contributed by atoms with Crippen molar-refractivity contribution in [2.24, 2.45) is 0 Å². The molecule has 112 valence electrons. The van der Waals surface area contributed by atoms with Crippen LogP contribution in [0.4, 0.5) is 11.5 Å². The standard InChI is InChI=1S/C15H21N5O/c1-10(2)11-5-7-12(8-6-11)21-15-13(16)14(17-9-18-15)19-20(3)4/h5-10H,16H2,1-4H3,(H,17,18,19). The summed E-state index contributed by atoms with van der Waals surface area (Å²) >= 11 is 0. The number of nitrogen functional groups attached to an aromatic ring is 1. The topological polar surface area (TPSA) is 76.3 Å². The Morgan fingerprint density at radius 3 is 2.38 bits per heavy atom. The first-order chi connectivity index (χ1) is 9.97. The number of nitrogens with two attached hydrogens (primary N) is 1. The van der Waals surface area contributed by atoms with Crippen molar-refractivity contribution >= 4 is 11.5 Å². The van der Waals surface area contributed by atoms with Crippen LogP contribution in [0.15, 0.2) is 30.6 Å². The van der Waals surface area contributed by atoms with E-state index >= 15 is 0 Å². The number of benzene rings is 1. The highest BCUT2D eigenvalue weighted by Gasteiger charge is 2.11. The van der Waals surface area contributed by atoms with Crippen molar-refractivity contribution in [1.82, 2.24) is 15.0 Å². The molecule has 0 saturated heterocycles. The Labute approximate surface area is 124 Å². The van der Waals surface area contributed by atoms with Crippen molar-refractivity contribution in [1.29, 1.82) is 0 Å². The van der Waals surface area contributed by atoms with Gasteiger partial charge in [-0.2, -0.15) is 4.98 Å². The molecule has 0 bridgehead atoms. The number of aromatic nitrogens is 2. The Morgan fingerprint density at radius 2 is 1.81 bits per heavy atom. The molecule has 1 aromatic carbocycles. The Kier molecular flexibility index (Phi) is 4.59. The fourth-order valence-electron chi connectivity index (χ4n) is 1.79. The van der Waals surface area contributed by atoms with Crippen LogP contribution >= 0.6 is 0 Å². The van der Waals surface area contributed by atoms with Crippen LogP contribution in [-0.4, -0.2) is 29.1 Å². The lowest BCUT2D eigenvalue weighted by Crippen LogP contribution is -2.21. The lowest BCUT2D eigenvalue weighted by molar-refractivity contribution is 0.461. The first-order valence-corrected chi connectivity index (χ1v) is 6.79. The van der Waals surface area contributed by atoms with Gasteiger partial charge in [-0.3, -0.25) is 0 Å². The SMILES string of the molecule is CC(C)c1ccc(Oc2ncnc(NN(C)C)c2N)cc1. The van der Waals surface area contributed by atoms with E-state index in [0.29, 0.717) is 29.1 Å². The molecular weight excluding hydrogens is 266 g/mol. The zero-order valence-electron chi connectivity index (χ0n) is 12.8. The van der Waals surface area contributed by atoms with E-state index < -0.39 is 0 Å². The molecule has 21 heavy (non-hydrogen) atoms. The minimum Gasteiger partial charge on any atom is -0.437 e. The molecule has 1 heterocycles. The van der Waals surface area contributed by atoms with Crippen molar-refractivity contribution in [2.75, 3.05) is 25.3 Å². The number of nitrogens with zero attached hydrogens (tertiary/aromatic N) is 3. The van der Waals surface area contributed by atoms with Gasteiger partial charge in [0.2, 0.25) is 5.88 Å². The normalized spacial score (nSPS) is 11.0. The number of hydrazine groups is 1. The van der Waals surface area contributed by atoms with Gasteiger partial charge in [-0.15, -0.1) is 0 Å². The highest BCUT2D eigenvalue weighted by molar-refractivity contribution is 5.66. The molecule has 0 amide bonds. The van der Waals surface area contributed by atoms with E-state index in [1.54, 1.807) is 5.01 Å². The number of ether oxygens (including phenoxy) is 1. The van der Waals surface area contributed by atoms with E-state index in [-0.39, 0.29) is 0 Å². The molecule has 0 aliphatic heterocycles. The van der Waals surface area contributed by atoms with Crippen molar-refractivity contribution < 1.29 is 4.74 Å². The third-order valence-electron chi connectivity index (χ3n) is 2.94. The molecule has 0 saturated carbocycles. The zero-order chi connectivity index (χ0) is 15.4. The van der Waals surface area contributed by atoms with Crippen molar-refractivity contribution in [2.45, 2.75) is 19.8 Å². The summed E-state index contributed by atoms with van der Waals surface area (Å²) in [5.41, 5.74) is 10.7. The summed E-state index contributed by atoms with van der Waals surface area (Å²) < 4.78 is 5.73. The molecule has 0 atom stereocenters. The minimum atomic E-state index is 0.339. The average Bonchev–Trinajstić information content (AvgIpc) is 2.43. The average molecular weight is 287 g/mol. The van der Waals surface area contributed by atoms with Crippen LogP contribution in [-0.2, 0) is 0 Å². The van der Waals surface area contributed by atoms with E-state index in [4.69, 9.17) is 10.5 Å². The maximum atomic E-state index is 6.02. The summed E-state index contributed by atoms with van der Waals surface area (Å²) in [6, 6.07) is 7.90. The van der Waals surface area contributed by atoms with Crippen LogP contribution in [0, 0.1) is 0 Å². The maximum Gasteiger partial charge on any atom is 0.248 e. The summed E-state index contributed by atoms with van der Waals surface area (Å²) in [5, 5.41) is 1.75.